The molecule has 4 nitrogen and oxygen atoms in total. The number of aliphatic carboxylic acids is 1. The van der Waals surface area contributed by atoms with Gasteiger partial charge in [0.15, 0.2) is 0 Å². The Morgan fingerprint density at radius 2 is 1.62 bits per heavy atom. The fourth-order valence-electron chi connectivity index (χ4n) is 1.08. The summed E-state index contributed by atoms with van der Waals surface area (Å²) < 4.78 is 0.852. The van der Waals surface area contributed by atoms with Crippen LogP contribution in [0.2, 0.25) is 0 Å². The van der Waals surface area contributed by atoms with E-state index in [0.29, 0.717) is 6.54 Å². The second-order valence-corrected chi connectivity index (χ2v) is 4.37. The van der Waals surface area contributed by atoms with Crippen molar-refractivity contribution in [1.29, 1.82) is 0 Å². The molecule has 0 unspecified atom stereocenters. The number of quaternary nitrogens is 1. The lowest BCUT2D eigenvalue weighted by atomic mass is 10.2. The average molecular weight is 224 g/mol. The maximum atomic E-state index is 8.89. The van der Waals surface area contributed by atoms with Gasteiger partial charge in [-0.25, -0.2) is 0 Å². The van der Waals surface area contributed by atoms with Crippen molar-refractivity contribution in [2.24, 2.45) is 5.73 Å². The van der Waals surface area contributed by atoms with Crippen molar-refractivity contribution in [2.45, 2.75) is 13.5 Å². The van der Waals surface area contributed by atoms with Crippen LogP contribution < -0.4 is 15.3 Å². The van der Waals surface area contributed by atoms with Gasteiger partial charge < -0.3 is 15.6 Å². The summed E-state index contributed by atoms with van der Waals surface area (Å²) in [5.41, 5.74) is 7.99. The summed E-state index contributed by atoms with van der Waals surface area (Å²) in [5.74, 6) is -1.08. The highest BCUT2D eigenvalue weighted by Gasteiger charge is 2.10. The average Bonchev–Trinajstić information content (AvgIpc) is 2.16. The van der Waals surface area contributed by atoms with Gasteiger partial charge in [-0.3, -0.25) is 4.48 Å². The van der Waals surface area contributed by atoms with E-state index >= 15 is 0 Å². The predicted molar refractivity (Wildman–Crippen MR) is 64.6 cm³/mol. The molecule has 90 valence electrons. The highest BCUT2D eigenvalue weighted by Crippen LogP contribution is 2.16. The second-order valence-electron chi connectivity index (χ2n) is 4.37. The van der Waals surface area contributed by atoms with Crippen LogP contribution in [-0.2, 0) is 11.3 Å². The predicted octanol–water partition coefficient (Wildman–Crippen LogP) is 0.0982. The molecule has 0 aliphatic rings. The summed E-state index contributed by atoms with van der Waals surface area (Å²) in [6.07, 6.45) is 0. The fraction of sp³-hybridized carbons (Fsp3) is 0.417. The summed E-state index contributed by atoms with van der Waals surface area (Å²) in [6, 6.07) is 8.42. The Hall–Kier alpha value is -1.39. The number of nitrogens with two attached hydrogens (primary N) is 1. The fourth-order valence-corrected chi connectivity index (χ4v) is 1.08. The van der Waals surface area contributed by atoms with Crippen molar-refractivity contribution in [1.82, 2.24) is 4.48 Å². The van der Waals surface area contributed by atoms with E-state index in [1.807, 2.05) is 0 Å². The van der Waals surface area contributed by atoms with Crippen molar-refractivity contribution < 1.29 is 9.90 Å². The smallest absolute Gasteiger partial charge is 0.132 e. The number of hydrogen-bond donors (Lipinski definition) is 1. The summed E-state index contributed by atoms with van der Waals surface area (Å²) in [4.78, 5) is 8.89. The lowest BCUT2D eigenvalue weighted by Gasteiger charge is -2.23. The maximum absolute atomic E-state index is 8.89. The number of carbonyl (C=O) groups is 1. The molecule has 0 saturated carbocycles. The van der Waals surface area contributed by atoms with E-state index in [9.17, 15) is 0 Å². The molecule has 0 bridgehead atoms. The van der Waals surface area contributed by atoms with Gasteiger partial charge in [0.05, 0.1) is 21.1 Å². The lowest BCUT2D eigenvalue weighted by Crippen LogP contribution is -2.34. The minimum absolute atomic E-state index is 0.622. The molecule has 2 N–H and O–H groups in total. The number of hydrogen-bond acceptors (Lipinski definition) is 3. The molecule has 0 heterocycles. The molecule has 16 heavy (non-hydrogen) atoms. The molecular formula is C12H20N2O2. The molecule has 0 radical (unpaired) electrons. The van der Waals surface area contributed by atoms with Gasteiger partial charge in [0.1, 0.15) is 5.69 Å². The van der Waals surface area contributed by atoms with Gasteiger partial charge in [0, 0.05) is 12.5 Å². The Morgan fingerprint density at radius 1 is 1.25 bits per heavy atom. The largest absolute Gasteiger partial charge is 0.550 e. The number of carboxylic acid groups (broad SMARTS) is 1. The van der Waals surface area contributed by atoms with E-state index in [2.05, 4.69) is 45.4 Å². The van der Waals surface area contributed by atoms with E-state index in [0.717, 1.165) is 11.4 Å². The van der Waals surface area contributed by atoms with E-state index in [1.165, 1.54) is 11.3 Å². The Bertz CT molecular complexity index is 322. The zero-order valence-corrected chi connectivity index (χ0v) is 10.4. The molecule has 1 aromatic carbocycles. The van der Waals surface area contributed by atoms with Gasteiger partial charge in [0.25, 0.3) is 0 Å². The van der Waals surface area contributed by atoms with Crippen LogP contribution in [0.15, 0.2) is 24.3 Å². The Labute approximate surface area is 96.9 Å². The van der Waals surface area contributed by atoms with E-state index in [1.54, 1.807) is 0 Å². The summed E-state index contributed by atoms with van der Waals surface area (Å²) in [6.45, 7) is 1.59. The molecule has 0 saturated heterocycles. The first-order chi connectivity index (χ1) is 7.27. The van der Waals surface area contributed by atoms with Crippen LogP contribution in [0.3, 0.4) is 0 Å². The topological polar surface area (TPSA) is 66.1 Å². The van der Waals surface area contributed by atoms with E-state index in [4.69, 9.17) is 15.6 Å². The first-order valence-electron chi connectivity index (χ1n) is 5.06. The minimum Gasteiger partial charge on any atom is -0.550 e. The van der Waals surface area contributed by atoms with Crippen LogP contribution in [0.1, 0.15) is 12.5 Å². The molecular weight excluding hydrogens is 204 g/mol. The van der Waals surface area contributed by atoms with Crippen LogP contribution >= 0.6 is 0 Å². The third-order valence-electron chi connectivity index (χ3n) is 1.95. The summed E-state index contributed by atoms with van der Waals surface area (Å²) in [7, 11) is 6.45. The number of carboxylic acids is 1. The molecule has 0 spiro atoms. The van der Waals surface area contributed by atoms with Crippen LogP contribution in [0.25, 0.3) is 0 Å². The standard InChI is InChI=1S/C10H17N2.C2H4O2/c1-12(2,3)10-6-4-9(8-11)5-7-10;1-2(3)4/h4-7H,8,11H2,1-3H3;1H3,(H,3,4)/q+1;/p-1. The Kier molecular flexibility index (Phi) is 5.71. The van der Waals surface area contributed by atoms with Gasteiger partial charge in [0.2, 0.25) is 0 Å². The highest BCUT2D eigenvalue weighted by atomic mass is 16.4. The molecule has 0 fully saturated rings. The van der Waals surface area contributed by atoms with Gasteiger partial charge in [-0.15, -0.1) is 0 Å². The highest BCUT2D eigenvalue weighted by molar-refractivity contribution is 5.60. The zero-order valence-electron chi connectivity index (χ0n) is 10.4. The van der Waals surface area contributed by atoms with Crippen molar-refractivity contribution in [3.63, 3.8) is 0 Å². The number of carbonyl (C=O) groups excluding carboxylic acids is 1. The molecule has 1 rings (SSSR count). The van der Waals surface area contributed by atoms with Crippen LogP contribution in [-0.4, -0.2) is 27.1 Å². The lowest BCUT2D eigenvalue weighted by molar-refractivity contribution is -0.302. The van der Waals surface area contributed by atoms with Crippen LogP contribution in [0.4, 0.5) is 5.69 Å². The maximum Gasteiger partial charge on any atom is 0.132 e. The zero-order chi connectivity index (χ0) is 12.8. The molecule has 0 aliphatic carbocycles. The number of benzene rings is 1. The van der Waals surface area contributed by atoms with Crippen molar-refractivity contribution in [3.8, 4) is 0 Å². The normalized spacial score (nSPS) is 10.3. The second kappa shape index (κ2) is 6.25. The quantitative estimate of drug-likeness (QED) is 0.724. The molecule has 0 atom stereocenters. The van der Waals surface area contributed by atoms with Gasteiger partial charge in [-0.2, -0.15) is 0 Å². The first kappa shape index (κ1) is 14.6. The summed E-state index contributed by atoms with van der Waals surface area (Å²) in [5, 5.41) is 8.89. The van der Waals surface area contributed by atoms with E-state index < -0.39 is 5.97 Å². The van der Waals surface area contributed by atoms with Crippen molar-refractivity contribution in [3.05, 3.63) is 29.8 Å². The summed E-state index contributed by atoms with van der Waals surface area (Å²) >= 11 is 0. The van der Waals surface area contributed by atoms with Crippen molar-refractivity contribution >= 4 is 11.7 Å². The number of rotatable bonds is 2. The number of nitrogens with zero attached hydrogens (tertiary/aromatic N) is 1. The van der Waals surface area contributed by atoms with Gasteiger partial charge in [-0.05, 0) is 24.6 Å². The molecule has 4 heteroatoms. The molecule has 0 amide bonds. The first-order valence-corrected chi connectivity index (χ1v) is 5.06. The van der Waals surface area contributed by atoms with Gasteiger partial charge in [-0.1, -0.05) is 12.1 Å². The molecule has 1 aromatic rings. The minimum atomic E-state index is -1.08. The third-order valence-corrected chi connectivity index (χ3v) is 1.95. The SMILES string of the molecule is CC(=O)[O-].C[N+](C)(C)c1ccc(CN)cc1. The van der Waals surface area contributed by atoms with Crippen LogP contribution in [0, 0.1) is 0 Å². The Morgan fingerprint density at radius 3 is 1.88 bits per heavy atom. The molecule has 0 aromatic heterocycles. The van der Waals surface area contributed by atoms with Crippen molar-refractivity contribution in [2.75, 3.05) is 21.1 Å². The molecule has 0 aliphatic heterocycles. The van der Waals surface area contributed by atoms with Crippen LogP contribution in [0.5, 0.6) is 0 Å². The third kappa shape index (κ3) is 6.16. The monoisotopic (exact) mass is 224 g/mol. The van der Waals surface area contributed by atoms with E-state index in [-0.39, 0.29) is 0 Å². The Balaban J connectivity index is 0.000000487. The van der Waals surface area contributed by atoms with Gasteiger partial charge >= 0.3 is 0 Å².